The lowest BCUT2D eigenvalue weighted by molar-refractivity contribution is 0.0526. The standard InChI is InChI=1S/C16H15NO2/c1-3-19-16(18)11-5-7-13-12-6-4-10(2)8-14(12)17-15(13)9-11/h4-9,17H,3H2,1-2H3. The molecule has 3 rings (SSSR count). The van der Waals surface area contributed by atoms with Crippen LogP contribution in [0.1, 0.15) is 22.8 Å². The van der Waals surface area contributed by atoms with Crippen LogP contribution in [-0.4, -0.2) is 17.6 Å². The number of carbonyl (C=O) groups is 1. The molecule has 19 heavy (non-hydrogen) atoms. The number of fused-ring (bicyclic) bond motifs is 3. The Bertz CT molecular complexity index is 771. The van der Waals surface area contributed by atoms with Crippen LogP contribution in [0.2, 0.25) is 0 Å². The van der Waals surface area contributed by atoms with E-state index in [2.05, 4.69) is 30.1 Å². The average Bonchev–Trinajstić information content (AvgIpc) is 2.75. The van der Waals surface area contributed by atoms with E-state index in [9.17, 15) is 4.79 Å². The van der Waals surface area contributed by atoms with E-state index in [4.69, 9.17) is 4.74 Å². The summed E-state index contributed by atoms with van der Waals surface area (Å²) in [6.07, 6.45) is 0. The van der Waals surface area contributed by atoms with Crippen molar-refractivity contribution in [3.05, 3.63) is 47.5 Å². The molecule has 0 fully saturated rings. The van der Waals surface area contributed by atoms with Gasteiger partial charge >= 0.3 is 5.97 Å². The van der Waals surface area contributed by atoms with Gasteiger partial charge in [-0.15, -0.1) is 0 Å². The zero-order valence-electron chi connectivity index (χ0n) is 11.0. The molecule has 0 aliphatic carbocycles. The Morgan fingerprint density at radius 3 is 2.53 bits per heavy atom. The van der Waals surface area contributed by atoms with Crippen LogP contribution in [0.15, 0.2) is 36.4 Å². The van der Waals surface area contributed by atoms with Crippen molar-refractivity contribution in [2.45, 2.75) is 13.8 Å². The first-order chi connectivity index (χ1) is 9.19. The highest BCUT2D eigenvalue weighted by atomic mass is 16.5. The van der Waals surface area contributed by atoms with Crippen molar-refractivity contribution in [3.63, 3.8) is 0 Å². The predicted octanol–water partition coefficient (Wildman–Crippen LogP) is 3.81. The highest BCUT2D eigenvalue weighted by Gasteiger charge is 2.10. The van der Waals surface area contributed by atoms with Gasteiger partial charge in [0.05, 0.1) is 12.2 Å². The summed E-state index contributed by atoms with van der Waals surface area (Å²) in [6, 6.07) is 11.9. The van der Waals surface area contributed by atoms with E-state index in [1.165, 1.54) is 10.9 Å². The van der Waals surface area contributed by atoms with Crippen LogP contribution in [0.5, 0.6) is 0 Å². The lowest BCUT2D eigenvalue weighted by Gasteiger charge is -2.01. The molecule has 1 N–H and O–H groups in total. The predicted molar refractivity (Wildman–Crippen MR) is 76.5 cm³/mol. The Balaban J connectivity index is 2.18. The highest BCUT2D eigenvalue weighted by Crippen LogP contribution is 2.26. The van der Waals surface area contributed by atoms with Crippen LogP contribution in [-0.2, 0) is 4.74 Å². The van der Waals surface area contributed by atoms with Crippen molar-refractivity contribution >= 4 is 27.8 Å². The second kappa shape index (κ2) is 4.43. The van der Waals surface area contributed by atoms with E-state index in [1.807, 2.05) is 25.1 Å². The number of benzene rings is 2. The number of aromatic amines is 1. The molecule has 0 saturated heterocycles. The van der Waals surface area contributed by atoms with Crippen LogP contribution >= 0.6 is 0 Å². The summed E-state index contributed by atoms with van der Waals surface area (Å²) in [5.41, 5.74) is 3.85. The first-order valence-electron chi connectivity index (χ1n) is 6.38. The maximum atomic E-state index is 11.7. The van der Waals surface area contributed by atoms with E-state index < -0.39 is 0 Å². The van der Waals surface area contributed by atoms with Gasteiger partial charge in [-0.1, -0.05) is 18.2 Å². The molecule has 3 nitrogen and oxygen atoms in total. The quantitative estimate of drug-likeness (QED) is 0.706. The van der Waals surface area contributed by atoms with Gasteiger partial charge in [0.2, 0.25) is 0 Å². The van der Waals surface area contributed by atoms with Crippen molar-refractivity contribution in [1.29, 1.82) is 0 Å². The minimum atomic E-state index is -0.278. The number of H-pyrrole nitrogens is 1. The smallest absolute Gasteiger partial charge is 0.338 e. The fourth-order valence-electron chi connectivity index (χ4n) is 2.37. The van der Waals surface area contributed by atoms with Gasteiger partial charge in [-0.3, -0.25) is 0 Å². The molecule has 0 aliphatic heterocycles. The zero-order chi connectivity index (χ0) is 13.4. The number of hydrogen-bond acceptors (Lipinski definition) is 2. The number of nitrogens with one attached hydrogen (secondary N) is 1. The largest absolute Gasteiger partial charge is 0.462 e. The molecule has 0 atom stereocenters. The molecule has 0 unspecified atom stereocenters. The molecule has 3 aromatic rings. The maximum absolute atomic E-state index is 11.7. The molecule has 96 valence electrons. The molecule has 0 saturated carbocycles. The van der Waals surface area contributed by atoms with Gasteiger partial charge in [0.25, 0.3) is 0 Å². The number of ether oxygens (including phenoxy) is 1. The van der Waals surface area contributed by atoms with Crippen LogP contribution in [0.25, 0.3) is 21.8 Å². The Morgan fingerprint density at radius 2 is 1.79 bits per heavy atom. The van der Waals surface area contributed by atoms with Gasteiger partial charge in [-0.05, 0) is 37.6 Å². The summed E-state index contributed by atoms with van der Waals surface area (Å²) in [5, 5.41) is 2.30. The molecular weight excluding hydrogens is 238 g/mol. The summed E-state index contributed by atoms with van der Waals surface area (Å²) >= 11 is 0. The highest BCUT2D eigenvalue weighted by molar-refractivity contribution is 6.09. The fourth-order valence-corrected chi connectivity index (χ4v) is 2.37. The minimum Gasteiger partial charge on any atom is -0.462 e. The minimum absolute atomic E-state index is 0.278. The zero-order valence-corrected chi connectivity index (χ0v) is 11.0. The van der Waals surface area contributed by atoms with E-state index in [0.29, 0.717) is 12.2 Å². The number of rotatable bonds is 2. The third-order valence-electron chi connectivity index (χ3n) is 3.27. The van der Waals surface area contributed by atoms with Gasteiger partial charge in [0, 0.05) is 21.8 Å². The van der Waals surface area contributed by atoms with Gasteiger partial charge in [-0.2, -0.15) is 0 Å². The van der Waals surface area contributed by atoms with Gasteiger partial charge in [-0.25, -0.2) is 4.79 Å². The van der Waals surface area contributed by atoms with Gasteiger partial charge < -0.3 is 9.72 Å². The van der Waals surface area contributed by atoms with Crippen LogP contribution in [0.4, 0.5) is 0 Å². The monoisotopic (exact) mass is 253 g/mol. The molecule has 2 aromatic carbocycles. The van der Waals surface area contributed by atoms with E-state index >= 15 is 0 Å². The van der Waals surface area contributed by atoms with Crippen molar-refractivity contribution in [2.24, 2.45) is 0 Å². The summed E-state index contributed by atoms with van der Waals surface area (Å²) in [6.45, 7) is 4.26. The normalized spacial score (nSPS) is 11.1. The van der Waals surface area contributed by atoms with Gasteiger partial charge in [0.1, 0.15) is 0 Å². The van der Waals surface area contributed by atoms with Crippen LogP contribution < -0.4 is 0 Å². The molecule has 0 bridgehead atoms. The van der Waals surface area contributed by atoms with Crippen molar-refractivity contribution in [2.75, 3.05) is 6.61 Å². The summed E-state index contributed by atoms with van der Waals surface area (Å²) in [7, 11) is 0. The molecule has 1 aromatic heterocycles. The first-order valence-corrected chi connectivity index (χ1v) is 6.38. The number of esters is 1. The maximum Gasteiger partial charge on any atom is 0.338 e. The number of carbonyl (C=O) groups excluding carboxylic acids is 1. The van der Waals surface area contributed by atoms with Crippen LogP contribution in [0, 0.1) is 6.92 Å². The van der Waals surface area contributed by atoms with E-state index in [-0.39, 0.29) is 5.97 Å². The summed E-state index contributed by atoms with van der Waals surface area (Å²) in [5.74, 6) is -0.278. The molecule has 0 aliphatic rings. The van der Waals surface area contributed by atoms with Crippen molar-refractivity contribution in [3.8, 4) is 0 Å². The fraction of sp³-hybridized carbons (Fsp3) is 0.188. The molecule has 0 amide bonds. The Hall–Kier alpha value is -2.29. The number of hydrogen-bond donors (Lipinski definition) is 1. The topological polar surface area (TPSA) is 42.1 Å². The van der Waals surface area contributed by atoms with Crippen LogP contribution in [0.3, 0.4) is 0 Å². The Kier molecular flexibility index (Phi) is 2.75. The Morgan fingerprint density at radius 1 is 1.11 bits per heavy atom. The lowest BCUT2D eigenvalue weighted by atomic mass is 10.1. The lowest BCUT2D eigenvalue weighted by Crippen LogP contribution is -2.03. The van der Waals surface area contributed by atoms with Crippen molar-refractivity contribution < 1.29 is 9.53 Å². The second-order valence-corrected chi connectivity index (χ2v) is 4.65. The molecule has 3 heteroatoms. The third-order valence-corrected chi connectivity index (χ3v) is 3.27. The Labute approximate surface area is 111 Å². The molecule has 0 spiro atoms. The summed E-state index contributed by atoms with van der Waals surface area (Å²) in [4.78, 5) is 15.1. The number of aromatic nitrogens is 1. The second-order valence-electron chi connectivity index (χ2n) is 4.65. The third kappa shape index (κ3) is 1.97. The summed E-state index contributed by atoms with van der Waals surface area (Å²) < 4.78 is 5.02. The molecule has 0 radical (unpaired) electrons. The SMILES string of the molecule is CCOC(=O)c1ccc2c(c1)[nH]c1cc(C)ccc12. The van der Waals surface area contributed by atoms with E-state index in [0.717, 1.165) is 16.4 Å². The average molecular weight is 253 g/mol. The molecular formula is C16H15NO2. The van der Waals surface area contributed by atoms with Crippen molar-refractivity contribution in [1.82, 2.24) is 4.98 Å². The first kappa shape index (κ1) is 11.8. The number of aryl methyl sites for hydroxylation is 1. The molecule has 1 heterocycles. The van der Waals surface area contributed by atoms with Gasteiger partial charge in [0.15, 0.2) is 0 Å². The van der Waals surface area contributed by atoms with E-state index in [1.54, 1.807) is 0 Å².